The largest absolute Gasteiger partial charge is 0.466 e. The monoisotopic (exact) mass is 466 g/mol. The van der Waals surface area contributed by atoms with Crippen LogP contribution >= 0.6 is 28.7 Å². The second-order valence-corrected chi connectivity index (χ2v) is 7.58. The van der Waals surface area contributed by atoms with Gasteiger partial charge in [0.05, 0.1) is 12.3 Å². The van der Waals surface area contributed by atoms with Crippen molar-refractivity contribution >= 4 is 40.4 Å². The van der Waals surface area contributed by atoms with E-state index in [1.807, 2.05) is 11.8 Å². The van der Waals surface area contributed by atoms with E-state index in [1.165, 1.54) is 33.5 Å². The first-order chi connectivity index (χ1) is 13.0. The molecule has 1 heterocycles. The summed E-state index contributed by atoms with van der Waals surface area (Å²) in [5.74, 6) is -0.211. The fourth-order valence-electron chi connectivity index (χ4n) is 2.95. The van der Waals surface area contributed by atoms with Crippen LogP contribution in [0.25, 0.3) is 0 Å². The van der Waals surface area contributed by atoms with Gasteiger partial charge in [-0.05, 0) is 44.5 Å². The molecule has 0 bridgehead atoms. The van der Waals surface area contributed by atoms with Crippen molar-refractivity contribution in [1.29, 1.82) is 0 Å². The molecule has 6 heteroatoms. The van der Waals surface area contributed by atoms with E-state index in [-0.39, 0.29) is 23.0 Å². The molecule has 3 rings (SSSR count). The van der Waals surface area contributed by atoms with Gasteiger partial charge in [0.15, 0.2) is 0 Å². The number of carbonyl (C=O) groups excluding carboxylic acids is 1. The van der Waals surface area contributed by atoms with Crippen molar-refractivity contribution in [3.63, 3.8) is 0 Å². The normalized spacial score (nSPS) is 13.1. The number of nitrogens with one attached hydrogen (secondary N) is 1. The average molecular weight is 467 g/mol. The molecule has 1 saturated heterocycles. The van der Waals surface area contributed by atoms with Crippen molar-refractivity contribution in [2.75, 3.05) is 37.7 Å². The molecule has 154 valence electrons. The Bertz CT molecular complexity index is 749. The summed E-state index contributed by atoms with van der Waals surface area (Å²) in [6.45, 7) is 12.3. The van der Waals surface area contributed by atoms with Crippen LogP contribution in [0.3, 0.4) is 0 Å². The van der Waals surface area contributed by atoms with E-state index in [1.54, 1.807) is 6.92 Å². The highest BCUT2D eigenvalue weighted by atomic mass is 79.9. The average Bonchev–Trinajstić information content (AvgIpc) is 2.65. The van der Waals surface area contributed by atoms with Crippen LogP contribution in [-0.4, -0.2) is 38.8 Å². The number of carbonyl (C=O) groups is 1. The van der Waals surface area contributed by atoms with Crippen LogP contribution < -0.4 is 10.2 Å². The Hall–Kier alpha value is -1.50. The molecule has 0 amide bonds. The second kappa shape index (κ2) is 12.9. The first-order valence-corrected chi connectivity index (χ1v) is 10.3. The molecule has 1 aliphatic rings. The summed E-state index contributed by atoms with van der Waals surface area (Å²) >= 11 is 1.88. The zero-order chi connectivity index (χ0) is 19.6. The predicted molar refractivity (Wildman–Crippen MR) is 124 cm³/mol. The lowest BCUT2D eigenvalue weighted by molar-refractivity contribution is -0.140. The van der Waals surface area contributed by atoms with Gasteiger partial charge >= 0.3 is 5.97 Å². The van der Waals surface area contributed by atoms with Gasteiger partial charge in [-0.1, -0.05) is 41.6 Å². The van der Waals surface area contributed by atoms with E-state index < -0.39 is 0 Å². The smallest absolute Gasteiger partial charge is 0.302 e. The van der Waals surface area contributed by atoms with Crippen LogP contribution in [0.1, 0.15) is 25.0 Å². The highest BCUT2D eigenvalue weighted by molar-refractivity contribution is 8.93. The first kappa shape index (κ1) is 24.5. The third-order valence-corrected chi connectivity index (χ3v) is 5.46. The van der Waals surface area contributed by atoms with Crippen LogP contribution in [0.15, 0.2) is 52.3 Å². The molecule has 0 radical (unpaired) electrons. The number of nitrogens with zero attached hydrogens (tertiary/aromatic N) is 1. The van der Waals surface area contributed by atoms with Crippen LogP contribution in [0, 0.1) is 13.8 Å². The molecule has 1 fully saturated rings. The number of halogens is 1. The van der Waals surface area contributed by atoms with Gasteiger partial charge in [-0.2, -0.15) is 0 Å². The number of anilines is 1. The molecule has 0 saturated carbocycles. The highest BCUT2D eigenvalue weighted by Crippen LogP contribution is 2.37. The lowest BCUT2D eigenvalue weighted by Crippen LogP contribution is -2.43. The summed E-state index contributed by atoms with van der Waals surface area (Å²) < 4.78 is 4.40. The number of piperazine rings is 1. The van der Waals surface area contributed by atoms with E-state index in [0.29, 0.717) is 6.61 Å². The summed E-state index contributed by atoms with van der Waals surface area (Å²) in [4.78, 5) is 15.0. The molecule has 0 aromatic heterocycles. The maximum Gasteiger partial charge on any atom is 0.302 e. The van der Waals surface area contributed by atoms with E-state index >= 15 is 0 Å². The highest BCUT2D eigenvalue weighted by Gasteiger charge is 2.14. The second-order valence-electron chi connectivity index (χ2n) is 6.50. The van der Waals surface area contributed by atoms with Gasteiger partial charge in [-0.25, -0.2) is 0 Å². The summed E-state index contributed by atoms with van der Waals surface area (Å²) in [6, 6.07) is 15.5. The minimum absolute atomic E-state index is 0. The van der Waals surface area contributed by atoms with E-state index in [4.69, 9.17) is 0 Å². The van der Waals surface area contributed by atoms with E-state index in [9.17, 15) is 4.79 Å². The topological polar surface area (TPSA) is 41.6 Å². The minimum atomic E-state index is -0.211. The number of rotatable bonds is 4. The predicted octanol–water partition coefficient (Wildman–Crippen LogP) is 5.01. The fraction of sp³-hybridized carbons (Fsp3) is 0.409. The zero-order valence-corrected chi connectivity index (χ0v) is 19.7. The van der Waals surface area contributed by atoms with Gasteiger partial charge in [0, 0.05) is 42.9 Å². The first-order valence-electron chi connectivity index (χ1n) is 9.44. The van der Waals surface area contributed by atoms with Crippen molar-refractivity contribution < 1.29 is 9.53 Å². The van der Waals surface area contributed by atoms with Crippen molar-refractivity contribution in [2.45, 2.75) is 37.5 Å². The molecule has 2 aromatic carbocycles. The van der Waals surface area contributed by atoms with Crippen LogP contribution in [0.5, 0.6) is 0 Å². The standard InChI is InChI=1S/C18H22N2S.C4H8O2.BrH/c1-14-7-8-17(15(2)13-14)21-18-6-4-3-5-16(18)20-11-9-19-10-12-20;1-3-6-4(2)5;/h3-8,13,19H,9-12H2,1-2H3;3H2,1-2H3;1H. The molecular formula is C22H31BrN2O2S. The Kier molecular flexibility index (Phi) is 11.3. The number of para-hydroxylation sites is 1. The number of ether oxygens (including phenoxy) is 1. The van der Waals surface area contributed by atoms with E-state index in [0.717, 1.165) is 26.2 Å². The maximum atomic E-state index is 9.82. The van der Waals surface area contributed by atoms with Gasteiger partial charge in [0.1, 0.15) is 0 Å². The molecule has 0 spiro atoms. The van der Waals surface area contributed by atoms with Crippen molar-refractivity contribution in [3.8, 4) is 0 Å². The lowest BCUT2D eigenvalue weighted by atomic mass is 10.2. The van der Waals surface area contributed by atoms with Gasteiger partial charge < -0.3 is 15.0 Å². The molecule has 1 N–H and O–H groups in total. The van der Waals surface area contributed by atoms with Crippen molar-refractivity contribution in [2.24, 2.45) is 0 Å². The number of aryl methyl sites for hydroxylation is 2. The maximum absolute atomic E-state index is 9.82. The summed E-state index contributed by atoms with van der Waals surface area (Å²) in [5.41, 5.74) is 4.05. The summed E-state index contributed by atoms with van der Waals surface area (Å²) in [5, 5.41) is 3.42. The van der Waals surface area contributed by atoms with Crippen LogP contribution in [-0.2, 0) is 9.53 Å². The summed E-state index contributed by atoms with van der Waals surface area (Å²) in [7, 11) is 0. The quantitative estimate of drug-likeness (QED) is 0.641. The molecule has 0 atom stereocenters. The number of hydrogen-bond donors (Lipinski definition) is 1. The molecule has 1 aliphatic heterocycles. The molecular weight excluding hydrogens is 436 g/mol. The van der Waals surface area contributed by atoms with Crippen molar-refractivity contribution in [3.05, 3.63) is 53.6 Å². The number of esters is 1. The van der Waals surface area contributed by atoms with Crippen LogP contribution in [0.2, 0.25) is 0 Å². The van der Waals surface area contributed by atoms with Gasteiger partial charge in [-0.15, -0.1) is 17.0 Å². The van der Waals surface area contributed by atoms with Crippen LogP contribution in [0.4, 0.5) is 5.69 Å². The van der Waals surface area contributed by atoms with Gasteiger partial charge in [-0.3, -0.25) is 4.79 Å². The Labute approximate surface area is 183 Å². The SMILES string of the molecule is Br.CCOC(C)=O.Cc1ccc(Sc2ccccc2N2CCNCC2)c(C)c1. The summed E-state index contributed by atoms with van der Waals surface area (Å²) in [6.07, 6.45) is 0. The Morgan fingerprint density at radius 1 is 1.11 bits per heavy atom. The zero-order valence-electron chi connectivity index (χ0n) is 17.2. The third-order valence-electron chi connectivity index (χ3n) is 4.22. The molecule has 2 aromatic rings. The Morgan fingerprint density at radius 3 is 2.36 bits per heavy atom. The van der Waals surface area contributed by atoms with E-state index in [2.05, 4.69) is 71.3 Å². The number of hydrogen-bond acceptors (Lipinski definition) is 5. The molecule has 0 unspecified atom stereocenters. The number of benzene rings is 2. The lowest BCUT2D eigenvalue weighted by Gasteiger charge is -2.31. The van der Waals surface area contributed by atoms with Gasteiger partial charge in [0.25, 0.3) is 0 Å². The third kappa shape index (κ3) is 7.86. The molecule has 0 aliphatic carbocycles. The van der Waals surface area contributed by atoms with Gasteiger partial charge in [0.2, 0.25) is 0 Å². The molecule has 28 heavy (non-hydrogen) atoms. The minimum Gasteiger partial charge on any atom is -0.466 e. The fourth-order valence-corrected chi connectivity index (χ4v) is 3.99. The van der Waals surface area contributed by atoms with Crippen molar-refractivity contribution in [1.82, 2.24) is 5.32 Å². The Balaban J connectivity index is 0.000000492. The Morgan fingerprint density at radius 2 is 1.79 bits per heavy atom. The molecule has 4 nitrogen and oxygen atoms in total.